The highest BCUT2D eigenvalue weighted by Crippen LogP contribution is 2.21. The molecule has 3 rings (SSSR count). The standard InChI is InChI=1S/C19H25N7OS/c1-13(2)26-17(21-23-24-26)11-28-12-18(27)20-19-14(3)22-25(15(19)4)10-16-8-6-5-7-9-16/h5-9,13H,10-12H2,1-4H3,(H,20,27). The third-order valence-corrected chi connectivity index (χ3v) is 5.26. The molecule has 1 N–H and O–H groups in total. The van der Waals surface area contributed by atoms with E-state index in [0.717, 1.165) is 22.9 Å². The number of hydrogen-bond acceptors (Lipinski definition) is 6. The van der Waals surface area contributed by atoms with Crippen LogP contribution in [0.4, 0.5) is 5.69 Å². The number of hydrogen-bond donors (Lipinski definition) is 1. The summed E-state index contributed by atoms with van der Waals surface area (Å²) in [5.74, 6) is 1.63. The topological polar surface area (TPSA) is 90.5 Å². The van der Waals surface area contributed by atoms with Crippen molar-refractivity contribution in [1.29, 1.82) is 0 Å². The van der Waals surface area contributed by atoms with Gasteiger partial charge in [0.1, 0.15) is 0 Å². The number of nitrogens with zero attached hydrogens (tertiary/aromatic N) is 6. The molecule has 8 nitrogen and oxygen atoms in total. The van der Waals surface area contributed by atoms with Crippen molar-refractivity contribution in [1.82, 2.24) is 30.0 Å². The molecule has 0 aliphatic carbocycles. The van der Waals surface area contributed by atoms with Gasteiger partial charge in [-0.1, -0.05) is 30.3 Å². The highest BCUT2D eigenvalue weighted by atomic mass is 32.2. The number of thioether (sulfide) groups is 1. The minimum Gasteiger partial charge on any atom is -0.322 e. The van der Waals surface area contributed by atoms with Gasteiger partial charge in [0.05, 0.1) is 41.2 Å². The number of aromatic nitrogens is 6. The van der Waals surface area contributed by atoms with E-state index in [1.165, 1.54) is 17.3 Å². The molecule has 0 aliphatic rings. The summed E-state index contributed by atoms with van der Waals surface area (Å²) >= 11 is 1.49. The Morgan fingerprint density at radius 3 is 2.68 bits per heavy atom. The van der Waals surface area contributed by atoms with Crippen LogP contribution < -0.4 is 5.32 Å². The second kappa shape index (κ2) is 9.01. The minimum absolute atomic E-state index is 0.0565. The molecule has 0 aliphatic heterocycles. The largest absolute Gasteiger partial charge is 0.322 e. The molecular formula is C19H25N7OS. The van der Waals surface area contributed by atoms with E-state index in [-0.39, 0.29) is 11.9 Å². The first-order valence-corrected chi connectivity index (χ1v) is 10.3. The third-order valence-electron chi connectivity index (χ3n) is 4.34. The quantitative estimate of drug-likeness (QED) is 0.626. The molecule has 0 saturated carbocycles. The summed E-state index contributed by atoms with van der Waals surface area (Å²) in [6.07, 6.45) is 0. The van der Waals surface area contributed by atoms with Gasteiger partial charge < -0.3 is 5.32 Å². The van der Waals surface area contributed by atoms with E-state index >= 15 is 0 Å². The predicted molar refractivity (Wildman–Crippen MR) is 110 cm³/mol. The number of benzene rings is 1. The van der Waals surface area contributed by atoms with Crippen LogP contribution in [0.2, 0.25) is 0 Å². The third kappa shape index (κ3) is 4.78. The predicted octanol–water partition coefficient (Wildman–Crippen LogP) is 2.99. The van der Waals surface area contributed by atoms with Crippen LogP contribution in [0, 0.1) is 13.8 Å². The average molecular weight is 400 g/mol. The molecule has 148 valence electrons. The summed E-state index contributed by atoms with van der Waals surface area (Å²) in [5.41, 5.74) is 3.72. The van der Waals surface area contributed by atoms with Crippen LogP contribution in [0.3, 0.4) is 0 Å². The molecule has 0 fully saturated rings. The highest BCUT2D eigenvalue weighted by Gasteiger charge is 2.15. The summed E-state index contributed by atoms with van der Waals surface area (Å²) in [6.45, 7) is 8.61. The number of carbonyl (C=O) groups excluding carboxylic acids is 1. The van der Waals surface area contributed by atoms with Crippen molar-refractivity contribution in [3.05, 3.63) is 53.1 Å². The van der Waals surface area contributed by atoms with Crippen molar-refractivity contribution in [3.63, 3.8) is 0 Å². The van der Waals surface area contributed by atoms with Crippen molar-refractivity contribution < 1.29 is 4.79 Å². The van der Waals surface area contributed by atoms with Gasteiger partial charge in [0.25, 0.3) is 0 Å². The fraction of sp³-hybridized carbons (Fsp3) is 0.421. The summed E-state index contributed by atoms with van der Waals surface area (Å²) in [5, 5.41) is 19.3. The second-order valence-electron chi connectivity index (χ2n) is 6.86. The van der Waals surface area contributed by atoms with E-state index in [2.05, 4.69) is 38.1 Å². The van der Waals surface area contributed by atoms with Crippen molar-refractivity contribution >= 4 is 23.4 Å². The first kappa shape index (κ1) is 20.1. The van der Waals surface area contributed by atoms with E-state index in [0.29, 0.717) is 18.1 Å². The van der Waals surface area contributed by atoms with Crippen molar-refractivity contribution in [3.8, 4) is 0 Å². The monoisotopic (exact) mass is 399 g/mol. The van der Waals surface area contributed by atoms with E-state index in [9.17, 15) is 4.79 Å². The lowest BCUT2D eigenvalue weighted by Gasteiger charge is -2.08. The van der Waals surface area contributed by atoms with Crippen LogP contribution in [0.1, 0.15) is 42.7 Å². The van der Waals surface area contributed by atoms with Gasteiger partial charge in [0.15, 0.2) is 5.82 Å². The Morgan fingerprint density at radius 2 is 1.96 bits per heavy atom. The molecular weight excluding hydrogens is 374 g/mol. The van der Waals surface area contributed by atoms with Crippen LogP contribution in [-0.2, 0) is 17.1 Å². The highest BCUT2D eigenvalue weighted by molar-refractivity contribution is 7.99. The molecule has 0 radical (unpaired) electrons. The number of aryl methyl sites for hydroxylation is 1. The maximum Gasteiger partial charge on any atom is 0.234 e. The Labute approximate surface area is 168 Å². The number of tetrazole rings is 1. The zero-order valence-corrected chi connectivity index (χ0v) is 17.4. The number of rotatable bonds is 8. The first-order chi connectivity index (χ1) is 13.5. The average Bonchev–Trinajstić information content (AvgIpc) is 3.23. The van der Waals surface area contributed by atoms with E-state index in [4.69, 9.17) is 0 Å². The molecule has 28 heavy (non-hydrogen) atoms. The van der Waals surface area contributed by atoms with Crippen molar-refractivity contribution in [2.24, 2.45) is 0 Å². The molecule has 0 atom stereocenters. The van der Waals surface area contributed by atoms with E-state index in [1.807, 2.05) is 50.6 Å². The summed E-state index contributed by atoms with van der Waals surface area (Å²) in [7, 11) is 0. The smallest absolute Gasteiger partial charge is 0.234 e. The Kier molecular flexibility index (Phi) is 6.45. The van der Waals surface area contributed by atoms with Gasteiger partial charge in [0.2, 0.25) is 5.91 Å². The second-order valence-corrected chi connectivity index (χ2v) is 7.85. The zero-order valence-electron chi connectivity index (χ0n) is 16.6. The zero-order chi connectivity index (χ0) is 20.1. The van der Waals surface area contributed by atoms with Crippen LogP contribution in [0.25, 0.3) is 0 Å². The fourth-order valence-corrected chi connectivity index (χ4v) is 3.64. The first-order valence-electron chi connectivity index (χ1n) is 9.18. The number of carbonyl (C=O) groups is 1. The summed E-state index contributed by atoms with van der Waals surface area (Å²) in [4.78, 5) is 12.4. The Bertz CT molecular complexity index is 933. The van der Waals surface area contributed by atoms with Crippen LogP contribution in [0.5, 0.6) is 0 Å². The van der Waals surface area contributed by atoms with Gasteiger partial charge >= 0.3 is 0 Å². The maximum absolute atomic E-state index is 12.4. The van der Waals surface area contributed by atoms with Crippen LogP contribution in [0.15, 0.2) is 30.3 Å². The lowest BCUT2D eigenvalue weighted by Crippen LogP contribution is -2.16. The van der Waals surface area contributed by atoms with Gasteiger partial charge in [0, 0.05) is 0 Å². The fourth-order valence-electron chi connectivity index (χ4n) is 2.91. The minimum atomic E-state index is -0.0565. The Morgan fingerprint density at radius 1 is 1.21 bits per heavy atom. The summed E-state index contributed by atoms with van der Waals surface area (Å²) in [6, 6.07) is 10.3. The SMILES string of the molecule is Cc1nn(Cc2ccccc2)c(C)c1NC(=O)CSCc1nnnn1C(C)C. The molecule has 0 bridgehead atoms. The normalized spacial score (nSPS) is 11.2. The van der Waals surface area contributed by atoms with Crippen molar-refractivity contribution in [2.75, 3.05) is 11.1 Å². The van der Waals surface area contributed by atoms with Gasteiger partial charge in [-0.05, 0) is 43.7 Å². The number of anilines is 1. The summed E-state index contributed by atoms with van der Waals surface area (Å²) < 4.78 is 3.69. The number of nitrogens with one attached hydrogen (secondary N) is 1. The molecule has 9 heteroatoms. The lowest BCUT2D eigenvalue weighted by molar-refractivity contribution is -0.113. The Balaban J connectivity index is 1.57. The molecule has 1 amide bonds. The molecule has 0 saturated heterocycles. The Hall–Kier alpha value is -2.68. The molecule has 1 aromatic carbocycles. The maximum atomic E-state index is 12.4. The molecule has 2 aromatic heterocycles. The lowest BCUT2D eigenvalue weighted by atomic mass is 10.2. The van der Waals surface area contributed by atoms with Gasteiger partial charge in [-0.2, -0.15) is 5.10 Å². The number of amides is 1. The molecule has 0 spiro atoms. The van der Waals surface area contributed by atoms with Gasteiger partial charge in [-0.3, -0.25) is 9.48 Å². The van der Waals surface area contributed by atoms with Gasteiger partial charge in [-0.25, -0.2) is 4.68 Å². The molecule has 0 unspecified atom stereocenters. The van der Waals surface area contributed by atoms with E-state index in [1.54, 1.807) is 4.68 Å². The van der Waals surface area contributed by atoms with Crippen LogP contribution >= 0.6 is 11.8 Å². The van der Waals surface area contributed by atoms with E-state index < -0.39 is 0 Å². The van der Waals surface area contributed by atoms with Gasteiger partial charge in [-0.15, -0.1) is 16.9 Å². The van der Waals surface area contributed by atoms with Crippen LogP contribution in [-0.4, -0.2) is 41.6 Å². The molecule has 3 aromatic rings. The van der Waals surface area contributed by atoms with Crippen molar-refractivity contribution in [2.45, 2.75) is 46.0 Å². The molecule has 2 heterocycles.